The molecule has 0 aromatic heterocycles. The summed E-state index contributed by atoms with van der Waals surface area (Å²) in [7, 11) is 0. The van der Waals surface area contributed by atoms with Crippen LogP contribution < -0.4 is 0 Å². The number of unbranched alkanes of at least 4 members (excludes halogenated alkanes) is 22. The lowest BCUT2D eigenvalue weighted by Crippen LogP contribution is -2.30. The van der Waals surface area contributed by atoms with Gasteiger partial charge < -0.3 is 14.2 Å². The summed E-state index contributed by atoms with van der Waals surface area (Å²) in [4.78, 5) is 38.2. The Bertz CT molecular complexity index is 1620. The molecular weight excluding hydrogens is 925 g/mol. The summed E-state index contributed by atoms with van der Waals surface area (Å²) in [5.74, 6) is -1.06. The van der Waals surface area contributed by atoms with Crippen LogP contribution in [0.3, 0.4) is 0 Å². The van der Waals surface area contributed by atoms with E-state index in [0.29, 0.717) is 12.8 Å². The van der Waals surface area contributed by atoms with Gasteiger partial charge in [0.05, 0.1) is 6.42 Å². The fraction of sp³-hybridized carbons (Fsp3) is 0.638. The fourth-order valence-electron chi connectivity index (χ4n) is 8.13. The van der Waals surface area contributed by atoms with Crippen molar-refractivity contribution < 1.29 is 28.6 Å². The van der Waals surface area contributed by atoms with Crippen molar-refractivity contribution >= 4 is 17.9 Å². The number of ether oxygens (including phenoxy) is 3. The van der Waals surface area contributed by atoms with Gasteiger partial charge in [-0.2, -0.15) is 0 Å². The van der Waals surface area contributed by atoms with E-state index in [9.17, 15) is 14.4 Å². The summed E-state index contributed by atoms with van der Waals surface area (Å²) in [6, 6.07) is 0. The molecule has 0 amide bonds. The first-order valence-corrected chi connectivity index (χ1v) is 30.7. The minimum Gasteiger partial charge on any atom is -0.462 e. The SMILES string of the molecule is CC/C=C\C/C=C\C/C=C\C/C=C\C/C=C\CC(=O)OCC(COC(=O)CCCCCCCCCCCC/C=C\C/C=C\C/C=C\C/C=C\CC)OC(=O)CCCCCCCCCCC/C=C\C/C=C\CCCCC. The molecule has 6 heteroatoms. The molecule has 0 bridgehead atoms. The predicted molar refractivity (Wildman–Crippen MR) is 325 cm³/mol. The van der Waals surface area contributed by atoms with E-state index >= 15 is 0 Å². The second-order valence-electron chi connectivity index (χ2n) is 19.9. The van der Waals surface area contributed by atoms with Crippen molar-refractivity contribution in [2.24, 2.45) is 0 Å². The van der Waals surface area contributed by atoms with Crippen LogP contribution in [0.15, 0.2) is 134 Å². The minimum absolute atomic E-state index is 0.115. The number of carbonyl (C=O) groups excluding carboxylic acids is 3. The molecule has 1 atom stereocenters. The molecule has 0 saturated carbocycles. The molecule has 0 saturated heterocycles. The molecule has 0 heterocycles. The lowest BCUT2D eigenvalue weighted by Gasteiger charge is -2.18. The van der Waals surface area contributed by atoms with Crippen LogP contribution in [0.4, 0.5) is 0 Å². The van der Waals surface area contributed by atoms with Crippen LogP contribution >= 0.6 is 0 Å². The fourth-order valence-corrected chi connectivity index (χ4v) is 8.13. The summed E-state index contributed by atoms with van der Waals surface area (Å²) in [6.07, 6.45) is 87.6. The molecule has 0 aromatic rings. The Labute approximate surface area is 462 Å². The number of carbonyl (C=O) groups is 3. The molecular formula is C69H112O6. The Morgan fingerprint density at radius 3 is 0.933 bits per heavy atom. The monoisotopic (exact) mass is 1040 g/mol. The van der Waals surface area contributed by atoms with E-state index in [0.717, 1.165) is 103 Å². The average molecular weight is 1040 g/mol. The van der Waals surface area contributed by atoms with Crippen molar-refractivity contribution in [3.8, 4) is 0 Å². The Balaban J connectivity index is 4.46. The predicted octanol–water partition coefficient (Wildman–Crippen LogP) is 21.0. The Hall–Kier alpha value is -4.45. The highest BCUT2D eigenvalue weighted by Crippen LogP contribution is 2.15. The van der Waals surface area contributed by atoms with Gasteiger partial charge in [-0.05, 0) is 116 Å². The molecule has 0 rings (SSSR count). The van der Waals surface area contributed by atoms with Crippen molar-refractivity contribution in [1.29, 1.82) is 0 Å². The third-order valence-electron chi connectivity index (χ3n) is 12.7. The summed E-state index contributed by atoms with van der Waals surface area (Å²) >= 11 is 0. The van der Waals surface area contributed by atoms with Crippen LogP contribution in [0.2, 0.25) is 0 Å². The Morgan fingerprint density at radius 1 is 0.293 bits per heavy atom. The van der Waals surface area contributed by atoms with Crippen molar-refractivity contribution in [3.05, 3.63) is 134 Å². The van der Waals surface area contributed by atoms with Gasteiger partial charge in [-0.25, -0.2) is 0 Å². The number of rotatable bonds is 54. The highest BCUT2D eigenvalue weighted by molar-refractivity contribution is 5.72. The average Bonchev–Trinajstić information content (AvgIpc) is 3.41. The van der Waals surface area contributed by atoms with E-state index in [1.54, 1.807) is 6.08 Å². The maximum atomic E-state index is 12.9. The topological polar surface area (TPSA) is 78.9 Å². The molecule has 0 aliphatic carbocycles. The zero-order valence-electron chi connectivity index (χ0n) is 48.5. The van der Waals surface area contributed by atoms with Gasteiger partial charge >= 0.3 is 17.9 Å². The van der Waals surface area contributed by atoms with Crippen LogP contribution in [-0.2, 0) is 28.6 Å². The molecule has 424 valence electrons. The van der Waals surface area contributed by atoms with Crippen LogP contribution in [0, 0.1) is 0 Å². The second-order valence-corrected chi connectivity index (χ2v) is 19.9. The van der Waals surface area contributed by atoms with Gasteiger partial charge in [-0.15, -0.1) is 0 Å². The lowest BCUT2D eigenvalue weighted by molar-refractivity contribution is -0.166. The van der Waals surface area contributed by atoms with Gasteiger partial charge in [0, 0.05) is 12.8 Å². The maximum absolute atomic E-state index is 12.9. The van der Waals surface area contributed by atoms with Gasteiger partial charge in [0.2, 0.25) is 0 Å². The zero-order valence-corrected chi connectivity index (χ0v) is 48.5. The van der Waals surface area contributed by atoms with Gasteiger partial charge in [0.1, 0.15) is 13.2 Å². The zero-order chi connectivity index (χ0) is 54.3. The van der Waals surface area contributed by atoms with E-state index in [1.165, 1.54) is 122 Å². The first kappa shape index (κ1) is 70.5. The number of esters is 3. The Kier molecular flexibility index (Phi) is 58.4. The van der Waals surface area contributed by atoms with Crippen LogP contribution in [0.5, 0.6) is 0 Å². The molecule has 75 heavy (non-hydrogen) atoms. The molecule has 6 nitrogen and oxygen atoms in total. The number of allylic oxidation sites excluding steroid dienone is 21. The van der Waals surface area contributed by atoms with Gasteiger partial charge in [-0.1, -0.05) is 264 Å². The summed E-state index contributed by atoms with van der Waals surface area (Å²) in [5.41, 5.74) is 0. The highest BCUT2D eigenvalue weighted by atomic mass is 16.6. The largest absolute Gasteiger partial charge is 0.462 e. The third kappa shape index (κ3) is 60.3. The minimum atomic E-state index is -0.828. The maximum Gasteiger partial charge on any atom is 0.309 e. The first-order valence-electron chi connectivity index (χ1n) is 30.7. The smallest absolute Gasteiger partial charge is 0.309 e. The lowest BCUT2D eigenvalue weighted by atomic mass is 10.1. The van der Waals surface area contributed by atoms with Crippen molar-refractivity contribution in [2.75, 3.05) is 13.2 Å². The van der Waals surface area contributed by atoms with E-state index in [4.69, 9.17) is 14.2 Å². The molecule has 0 radical (unpaired) electrons. The molecule has 0 fully saturated rings. The normalized spacial score (nSPS) is 13.1. The van der Waals surface area contributed by atoms with Crippen LogP contribution in [0.1, 0.15) is 265 Å². The van der Waals surface area contributed by atoms with Gasteiger partial charge in [0.15, 0.2) is 6.10 Å². The van der Waals surface area contributed by atoms with Gasteiger partial charge in [0.25, 0.3) is 0 Å². The van der Waals surface area contributed by atoms with E-state index in [-0.39, 0.29) is 31.6 Å². The standard InChI is InChI=1S/C69H112O6/c1-4-7-10-13-16-19-22-25-28-30-32-33-34-35-37-38-41-44-47-50-53-56-59-62-68(71)74-65-66(64-73-67(70)61-58-55-52-49-46-43-40-27-24-21-18-15-12-9-6-3)75-69(72)63-60-57-54-51-48-45-42-39-36-31-29-26-23-20-17-14-11-8-5-2/h7,9-10,12,16-21,25-29,32-33,40,46,49,55,58,66H,4-6,8,11,13-15,22-24,30-31,34-39,41-45,47-48,50-54,56-57,59-65H2,1-3H3/b10-7-,12-9-,19-16-,20-17-,21-18-,28-25-,29-26-,33-32-,40-27-,49-46-,58-55-. The van der Waals surface area contributed by atoms with Crippen molar-refractivity contribution in [3.63, 3.8) is 0 Å². The summed E-state index contributed by atoms with van der Waals surface area (Å²) in [5, 5.41) is 0. The first-order chi connectivity index (χ1) is 37.0. The van der Waals surface area contributed by atoms with Crippen molar-refractivity contribution in [2.45, 2.75) is 271 Å². The van der Waals surface area contributed by atoms with E-state index in [1.807, 2.05) is 6.08 Å². The molecule has 0 aliphatic rings. The highest BCUT2D eigenvalue weighted by Gasteiger charge is 2.19. The molecule has 0 spiro atoms. The molecule has 0 aliphatic heterocycles. The summed E-state index contributed by atoms with van der Waals surface area (Å²) in [6.45, 7) is 6.30. The van der Waals surface area contributed by atoms with Crippen molar-refractivity contribution in [1.82, 2.24) is 0 Å². The van der Waals surface area contributed by atoms with Crippen LogP contribution in [-0.4, -0.2) is 37.2 Å². The molecule has 1 unspecified atom stereocenters. The number of hydrogen-bond acceptors (Lipinski definition) is 6. The summed E-state index contributed by atoms with van der Waals surface area (Å²) < 4.78 is 16.8. The number of hydrogen-bond donors (Lipinski definition) is 0. The van der Waals surface area contributed by atoms with E-state index in [2.05, 4.69) is 142 Å². The van der Waals surface area contributed by atoms with E-state index < -0.39 is 12.1 Å². The van der Waals surface area contributed by atoms with Gasteiger partial charge in [-0.3, -0.25) is 14.4 Å². The second kappa shape index (κ2) is 62.1. The third-order valence-corrected chi connectivity index (χ3v) is 12.7. The Morgan fingerprint density at radius 2 is 0.573 bits per heavy atom. The molecule has 0 N–H and O–H groups in total. The van der Waals surface area contributed by atoms with Crippen LogP contribution in [0.25, 0.3) is 0 Å². The quantitative estimate of drug-likeness (QED) is 0.0261. The molecule has 0 aromatic carbocycles.